The largest absolute Gasteiger partial charge is 0.245 e. The summed E-state index contributed by atoms with van der Waals surface area (Å²) in [7, 11) is 0. The highest BCUT2D eigenvalue weighted by Crippen LogP contribution is 1.66. The van der Waals surface area contributed by atoms with Gasteiger partial charge in [-0.15, -0.1) is 24.8 Å². The molecule has 1 aromatic heterocycles. The molecule has 0 spiro atoms. The monoisotopic (exact) mass is 152 g/mol. The lowest BCUT2D eigenvalue weighted by molar-refractivity contribution is 1.17. The average Bonchev–Trinajstić information content (AvgIpc) is 1.72. The van der Waals surface area contributed by atoms with Gasteiger partial charge in [0.1, 0.15) is 6.33 Å². The molecule has 0 atom stereocenters. The van der Waals surface area contributed by atoms with Crippen molar-refractivity contribution >= 4 is 24.8 Å². The zero-order valence-corrected chi connectivity index (χ0v) is 5.65. The van der Waals surface area contributed by atoms with Crippen LogP contribution in [0.4, 0.5) is 0 Å². The van der Waals surface area contributed by atoms with Crippen LogP contribution in [0.5, 0.6) is 0 Å². The van der Waals surface area contributed by atoms with Crippen molar-refractivity contribution in [3.63, 3.8) is 0 Å². The fraction of sp³-hybridized carbons (Fsp3) is 0. The van der Waals surface area contributed by atoms with Crippen molar-refractivity contribution in [1.82, 2.24) is 9.97 Å². The summed E-state index contributed by atoms with van der Waals surface area (Å²) in [6.07, 6.45) is 4.88. The first kappa shape index (κ1) is 10.6. The molecular weight excluding hydrogens is 147 g/mol. The number of aromatic nitrogens is 2. The van der Waals surface area contributed by atoms with Crippen LogP contribution in [-0.2, 0) is 0 Å². The molecule has 0 unspecified atom stereocenters. The Labute approximate surface area is 60.2 Å². The topological polar surface area (TPSA) is 25.8 Å². The average molecular weight is 153 g/mol. The fourth-order valence-electron chi connectivity index (χ4n) is 0.253. The number of halogens is 2. The Morgan fingerprint density at radius 2 is 1.38 bits per heavy atom. The number of rotatable bonds is 0. The van der Waals surface area contributed by atoms with E-state index in [0.717, 1.165) is 0 Å². The molecule has 0 amide bonds. The molecule has 1 rings (SSSR count). The van der Waals surface area contributed by atoms with Crippen molar-refractivity contribution in [2.24, 2.45) is 0 Å². The predicted octanol–water partition coefficient (Wildman–Crippen LogP) is 1.32. The Hall–Kier alpha value is -0.340. The van der Waals surface area contributed by atoms with Crippen LogP contribution in [0.1, 0.15) is 0 Å². The summed E-state index contributed by atoms with van der Waals surface area (Å²) in [6.45, 7) is 0. The molecule has 0 aliphatic heterocycles. The van der Waals surface area contributed by atoms with Crippen molar-refractivity contribution < 1.29 is 0 Å². The standard InChI is InChI=1S/C4H4N2.2ClH/c1-2-5-4-6-3-1;;/h1-4H;2*1H. The van der Waals surface area contributed by atoms with Gasteiger partial charge in [0.2, 0.25) is 0 Å². The van der Waals surface area contributed by atoms with Gasteiger partial charge >= 0.3 is 0 Å². The lowest BCUT2D eigenvalue weighted by Crippen LogP contribution is -1.66. The van der Waals surface area contributed by atoms with Crippen LogP contribution in [0.15, 0.2) is 24.8 Å². The minimum Gasteiger partial charge on any atom is -0.245 e. The van der Waals surface area contributed by atoms with Gasteiger partial charge in [-0.1, -0.05) is 0 Å². The molecule has 0 aromatic carbocycles. The van der Waals surface area contributed by atoms with E-state index < -0.39 is 0 Å². The highest BCUT2D eigenvalue weighted by atomic mass is 35.5. The first-order chi connectivity index (χ1) is 3.00. The third-order valence-electron chi connectivity index (χ3n) is 0.478. The molecule has 0 saturated carbocycles. The lowest BCUT2D eigenvalue weighted by atomic mass is 10.7. The first-order valence-corrected chi connectivity index (χ1v) is 1.70. The number of hydrogen-bond donors (Lipinski definition) is 0. The highest BCUT2D eigenvalue weighted by Gasteiger charge is 1.59. The van der Waals surface area contributed by atoms with Gasteiger partial charge in [0.25, 0.3) is 0 Å². The van der Waals surface area contributed by atoms with Crippen LogP contribution in [0.25, 0.3) is 0 Å². The Kier molecular flexibility index (Phi) is 8.83. The number of nitrogens with zero attached hydrogens (tertiary/aromatic N) is 2. The van der Waals surface area contributed by atoms with E-state index in [0.29, 0.717) is 0 Å². The smallest absolute Gasteiger partial charge is 0.115 e. The second kappa shape index (κ2) is 6.66. The Balaban J connectivity index is 0. The maximum atomic E-state index is 3.67. The molecule has 8 heavy (non-hydrogen) atoms. The summed E-state index contributed by atoms with van der Waals surface area (Å²) in [6, 6.07) is 1.78. The van der Waals surface area contributed by atoms with E-state index in [1.807, 2.05) is 0 Å². The second-order valence-electron chi connectivity index (χ2n) is 0.904. The van der Waals surface area contributed by atoms with Gasteiger partial charge in [-0.25, -0.2) is 9.97 Å². The molecule has 0 bridgehead atoms. The predicted molar refractivity (Wildman–Crippen MR) is 36.5 cm³/mol. The third-order valence-corrected chi connectivity index (χ3v) is 0.478. The van der Waals surface area contributed by atoms with Crippen LogP contribution in [-0.4, -0.2) is 9.97 Å². The van der Waals surface area contributed by atoms with Gasteiger partial charge in [-0.2, -0.15) is 0 Å². The summed E-state index contributed by atoms with van der Waals surface area (Å²) < 4.78 is 0. The minimum absolute atomic E-state index is 0. The van der Waals surface area contributed by atoms with Gasteiger partial charge in [-0.3, -0.25) is 0 Å². The van der Waals surface area contributed by atoms with Gasteiger partial charge in [0, 0.05) is 12.4 Å². The molecule has 0 N–H and O–H groups in total. The van der Waals surface area contributed by atoms with Crippen molar-refractivity contribution in [1.29, 1.82) is 0 Å². The zero-order chi connectivity index (χ0) is 4.24. The maximum Gasteiger partial charge on any atom is 0.115 e. The molecule has 0 aliphatic rings. The maximum absolute atomic E-state index is 3.67. The molecule has 0 saturated heterocycles. The normalized spacial score (nSPS) is 6.00. The van der Waals surface area contributed by atoms with Crippen LogP contribution in [0, 0.1) is 0 Å². The Bertz CT molecular complexity index is 84.0. The van der Waals surface area contributed by atoms with Gasteiger partial charge in [-0.05, 0) is 6.07 Å². The first-order valence-electron chi connectivity index (χ1n) is 1.70. The lowest BCUT2D eigenvalue weighted by Gasteiger charge is -1.70. The van der Waals surface area contributed by atoms with E-state index >= 15 is 0 Å². The molecule has 0 radical (unpaired) electrons. The van der Waals surface area contributed by atoms with Gasteiger partial charge < -0.3 is 0 Å². The fourth-order valence-corrected chi connectivity index (χ4v) is 0.253. The third kappa shape index (κ3) is 3.84. The van der Waals surface area contributed by atoms with Crippen molar-refractivity contribution in [2.75, 3.05) is 0 Å². The molecule has 1 aromatic rings. The summed E-state index contributed by atoms with van der Waals surface area (Å²) in [5.41, 5.74) is 0. The molecule has 0 aliphatic carbocycles. The van der Waals surface area contributed by atoms with Crippen LogP contribution >= 0.6 is 24.8 Å². The van der Waals surface area contributed by atoms with E-state index in [1.165, 1.54) is 6.33 Å². The van der Waals surface area contributed by atoms with Crippen molar-refractivity contribution in [2.45, 2.75) is 0 Å². The van der Waals surface area contributed by atoms with Crippen LogP contribution < -0.4 is 0 Å². The molecule has 46 valence electrons. The summed E-state index contributed by atoms with van der Waals surface area (Å²) in [5, 5.41) is 0. The molecule has 4 heteroatoms. The molecule has 0 fully saturated rings. The van der Waals surface area contributed by atoms with Crippen LogP contribution in [0.2, 0.25) is 0 Å². The van der Waals surface area contributed by atoms with E-state index in [9.17, 15) is 0 Å². The summed E-state index contributed by atoms with van der Waals surface area (Å²) in [5.74, 6) is 0. The highest BCUT2D eigenvalue weighted by molar-refractivity contribution is 5.85. The van der Waals surface area contributed by atoms with E-state index in [4.69, 9.17) is 0 Å². The second-order valence-corrected chi connectivity index (χ2v) is 0.904. The van der Waals surface area contributed by atoms with E-state index in [-0.39, 0.29) is 24.8 Å². The Morgan fingerprint density at radius 3 is 1.50 bits per heavy atom. The molecule has 2 nitrogen and oxygen atoms in total. The van der Waals surface area contributed by atoms with Gasteiger partial charge in [0.05, 0.1) is 0 Å². The SMILES string of the molecule is Cl.Cl.c1cncnc1. The Morgan fingerprint density at radius 1 is 0.875 bits per heavy atom. The zero-order valence-electron chi connectivity index (χ0n) is 4.02. The summed E-state index contributed by atoms with van der Waals surface area (Å²) >= 11 is 0. The molecule has 1 heterocycles. The van der Waals surface area contributed by atoms with Crippen molar-refractivity contribution in [3.8, 4) is 0 Å². The van der Waals surface area contributed by atoms with E-state index in [2.05, 4.69) is 9.97 Å². The number of hydrogen-bond acceptors (Lipinski definition) is 2. The summed E-state index contributed by atoms with van der Waals surface area (Å²) in [4.78, 5) is 7.35. The van der Waals surface area contributed by atoms with Crippen molar-refractivity contribution in [3.05, 3.63) is 24.8 Å². The minimum atomic E-state index is 0. The van der Waals surface area contributed by atoms with Crippen LogP contribution in [0.3, 0.4) is 0 Å². The molecular formula is C4H6Cl2N2. The van der Waals surface area contributed by atoms with Gasteiger partial charge in [0.15, 0.2) is 0 Å². The van der Waals surface area contributed by atoms with E-state index in [1.54, 1.807) is 18.5 Å². The quantitative estimate of drug-likeness (QED) is 0.561.